The van der Waals surface area contributed by atoms with Crippen molar-refractivity contribution in [3.05, 3.63) is 36.1 Å². The van der Waals surface area contributed by atoms with E-state index >= 15 is 0 Å². The Morgan fingerprint density at radius 1 is 1.44 bits per heavy atom. The molecule has 1 atom stereocenters. The number of hydrogen-bond donors (Lipinski definition) is 4. The molecule has 0 fully saturated rings. The molecule has 1 aromatic carbocycles. The maximum absolute atomic E-state index is 9.74. The van der Waals surface area contributed by atoms with Gasteiger partial charge in [-0.2, -0.15) is 0 Å². The molecule has 2 aromatic rings. The highest BCUT2D eigenvalue weighted by Gasteiger charge is 2.14. The van der Waals surface area contributed by atoms with Crippen molar-refractivity contribution in [3.8, 4) is 0 Å². The van der Waals surface area contributed by atoms with Crippen LogP contribution in [0, 0.1) is 5.41 Å². The summed E-state index contributed by atoms with van der Waals surface area (Å²) in [5.74, 6) is 0.231. The number of nitrogens with one attached hydrogen (secondary N) is 2. The van der Waals surface area contributed by atoms with Crippen LogP contribution in [-0.4, -0.2) is 16.1 Å². The Morgan fingerprint density at radius 2 is 2.19 bits per heavy atom. The van der Waals surface area contributed by atoms with E-state index in [-0.39, 0.29) is 12.3 Å². The van der Waals surface area contributed by atoms with Crippen LogP contribution >= 0.6 is 0 Å². The maximum Gasteiger partial charge on any atom is 0.134 e. The average molecular weight is 220 g/mol. The first kappa shape index (κ1) is 10.7. The summed E-state index contributed by atoms with van der Waals surface area (Å²) >= 11 is 0. The molecular weight excluding hydrogens is 208 g/mol. The van der Waals surface area contributed by atoms with Crippen LogP contribution in [0.25, 0.3) is 11.0 Å². The normalized spacial score (nSPS) is 12.6. The number of aliphatic hydroxyl groups excluding tert-OH is 1. The van der Waals surface area contributed by atoms with Crippen molar-refractivity contribution >= 4 is 16.8 Å². The highest BCUT2D eigenvalue weighted by molar-refractivity contribution is 5.80. The molecule has 0 aliphatic rings. The van der Waals surface area contributed by atoms with Gasteiger partial charge in [-0.15, -0.1) is 0 Å². The quantitative estimate of drug-likeness (QED) is 0.361. The first-order valence-electron chi connectivity index (χ1n) is 4.85. The minimum atomic E-state index is -0.931. The lowest BCUT2D eigenvalue weighted by Gasteiger charge is -2.06. The Morgan fingerprint density at radius 3 is 2.88 bits per heavy atom. The highest BCUT2D eigenvalue weighted by Crippen LogP contribution is 2.25. The van der Waals surface area contributed by atoms with Crippen LogP contribution in [0.2, 0.25) is 0 Å². The molecule has 84 valence electrons. The summed E-state index contributed by atoms with van der Waals surface area (Å²) < 4.78 is 5.42. The van der Waals surface area contributed by atoms with Crippen molar-refractivity contribution in [3.63, 3.8) is 0 Å². The first-order chi connectivity index (χ1) is 7.70. The summed E-state index contributed by atoms with van der Waals surface area (Å²) in [6.45, 7) is 0. The standard InChI is InChI=1S/C11H12N2O3/c12-11(13-15)6-8(14)10-5-7-3-1-2-4-9(7)16-10/h1-5,8,14-15H,6H2,(H2,12,13)/t8-/m0/s1. The van der Waals surface area contributed by atoms with Gasteiger partial charge in [-0.1, -0.05) is 18.2 Å². The Bertz CT molecular complexity index is 474. The van der Waals surface area contributed by atoms with Crippen molar-refractivity contribution in [2.24, 2.45) is 0 Å². The molecule has 0 saturated heterocycles. The van der Waals surface area contributed by atoms with Gasteiger partial charge in [0.1, 0.15) is 23.3 Å². The Kier molecular flexibility index (Phi) is 2.89. The minimum absolute atomic E-state index is 0.0175. The number of hydrogen-bond acceptors (Lipinski definition) is 4. The summed E-state index contributed by atoms with van der Waals surface area (Å²) in [5, 5.41) is 26.3. The van der Waals surface area contributed by atoms with Crippen LogP contribution in [0.1, 0.15) is 18.3 Å². The SMILES string of the molecule is N=C(C[C@H](O)c1cc2ccccc2o1)NO. The molecule has 0 saturated carbocycles. The third kappa shape index (κ3) is 2.05. The first-order valence-corrected chi connectivity index (χ1v) is 4.85. The van der Waals surface area contributed by atoms with Crippen molar-refractivity contribution in [1.29, 1.82) is 5.41 Å². The second-order valence-corrected chi connectivity index (χ2v) is 3.50. The van der Waals surface area contributed by atoms with Gasteiger partial charge >= 0.3 is 0 Å². The fourth-order valence-corrected chi connectivity index (χ4v) is 1.51. The van der Waals surface area contributed by atoms with Gasteiger partial charge in [-0.05, 0) is 12.1 Å². The second-order valence-electron chi connectivity index (χ2n) is 3.50. The third-order valence-electron chi connectivity index (χ3n) is 2.31. The van der Waals surface area contributed by atoms with E-state index in [9.17, 15) is 5.11 Å². The van der Waals surface area contributed by atoms with Gasteiger partial charge in [0, 0.05) is 11.8 Å². The van der Waals surface area contributed by atoms with Crippen molar-refractivity contribution in [1.82, 2.24) is 5.48 Å². The molecule has 0 spiro atoms. The van der Waals surface area contributed by atoms with Crippen LogP contribution in [0.15, 0.2) is 34.7 Å². The molecule has 16 heavy (non-hydrogen) atoms. The van der Waals surface area contributed by atoms with Gasteiger partial charge < -0.3 is 9.52 Å². The van der Waals surface area contributed by atoms with Crippen molar-refractivity contribution < 1.29 is 14.7 Å². The van der Waals surface area contributed by atoms with Gasteiger partial charge in [0.25, 0.3) is 0 Å². The van der Waals surface area contributed by atoms with Crippen LogP contribution in [0.4, 0.5) is 0 Å². The van der Waals surface area contributed by atoms with Crippen molar-refractivity contribution in [2.45, 2.75) is 12.5 Å². The molecule has 5 heteroatoms. The Hall–Kier alpha value is -1.85. The van der Waals surface area contributed by atoms with Crippen molar-refractivity contribution in [2.75, 3.05) is 0 Å². The Balaban J connectivity index is 2.23. The number of amidine groups is 1. The van der Waals surface area contributed by atoms with Gasteiger partial charge in [0.15, 0.2) is 0 Å². The lowest BCUT2D eigenvalue weighted by atomic mass is 10.2. The molecule has 0 aliphatic carbocycles. The van der Waals surface area contributed by atoms with E-state index in [4.69, 9.17) is 15.0 Å². The summed E-state index contributed by atoms with van der Waals surface area (Å²) in [7, 11) is 0. The van der Waals surface area contributed by atoms with Gasteiger partial charge in [0.05, 0.1) is 0 Å². The smallest absolute Gasteiger partial charge is 0.134 e. The molecule has 1 heterocycles. The number of rotatable bonds is 3. The second kappa shape index (κ2) is 4.34. The molecule has 0 radical (unpaired) electrons. The number of furan rings is 1. The highest BCUT2D eigenvalue weighted by atomic mass is 16.5. The molecule has 0 aliphatic heterocycles. The summed E-state index contributed by atoms with van der Waals surface area (Å²) in [5.41, 5.74) is 2.38. The van der Waals surface area contributed by atoms with E-state index in [1.54, 1.807) is 17.6 Å². The predicted octanol–water partition coefficient (Wildman–Crippen LogP) is 1.81. The molecule has 0 unspecified atom stereocenters. The van der Waals surface area contributed by atoms with Gasteiger partial charge in [-0.25, -0.2) is 0 Å². The summed E-state index contributed by atoms with van der Waals surface area (Å²) in [6.07, 6.45) is -0.949. The predicted molar refractivity (Wildman–Crippen MR) is 58.4 cm³/mol. The third-order valence-corrected chi connectivity index (χ3v) is 2.31. The molecule has 0 bridgehead atoms. The van der Waals surface area contributed by atoms with E-state index in [0.717, 1.165) is 5.39 Å². The van der Waals surface area contributed by atoms with Crippen LogP contribution in [0.3, 0.4) is 0 Å². The summed E-state index contributed by atoms with van der Waals surface area (Å²) in [6, 6.07) is 9.14. The number of aliphatic hydroxyl groups is 1. The lowest BCUT2D eigenvalue weighted by Crippen LogP contribution is -2.20. The van der Waals surface area contributed by atoms with E-state index < -0.39 is 6.10 Å². The zero-order valence-electron chi connectivity index (χ0n) is 8.47. The fourth-order valence-electron chi connectivity index (χ4n) is 1.51. The average Bonchev–Trinajstić information content (AvgIpc) is 2.72. The number of hydroxylamine groups is 1. The van der Waals surface area contributed by atoms with E-state index in [0.29, 0.717) is 11.3 Å². The van der Waals surface area contributed by atoms with E-state index in [1.165, 1.54) is 0 Å². The fraction of sp³-hybridized carbons (Fsp3) is 0.182. The minimum Gasteiger partial charge on any atom is -0.458 e. The van der Waals surface area contributed by atoms with Crippen LogP contribution < -0.4 is 5.48 Å². The van der Waals surface area contributed by atoms with E-state index in [1.807, 2.05) is 18.2 Å². The topological polar surface area (TPSA) is 89.5 Å². The molecule has 1 aromatic heterocycles. The van der Waals surface area contributed by atoms with Gasteiger partial charge in [0.2, 0.25) is 0 Å². The number of benzene rings is 1. The largest absolute Gasteiger partial charge is 0.458 e. The van der Waals surface area contributed by atoms with Crippen LogP contribution in [0.5, 0.6) is 0 Å². The molecular formula is C11H12N2O3. The monoisotopic (exact) mass is 220 g/mol. The Labute approximate surface area is 91.8 Å². The molecule has 0 amide bonds. The summed E-state index contributed by atoms with van der Waals surface area (Å²) in [4.78, 5) is 0. The maximum atomic E-state index is 9.74. The zero-order valence-corrected chi connectivity index (χ0v) is 8.47. The molecule has 4 N–H and O–H groups in total. The zero-order chi connectivity index (χ0) is 11.5. The van der Waals surface area contributed by atoms with Gasteiger partial charge in [-0.3, -0.25) is 16.1 Å². The molecule has 5 nitrogen and oxygen atoms in total. The number of fused-ring (bicyclic) bond motifs is 1. The lowest BCUT2D eigenvalue weighted by molar-refractivity contribution is 0.151. The molecule has 2 rings (SSSR count). The van der Waals surface area contributed by atoms with Crippen LogP contribution in [-0.2, 0) is 0 Å². The van der Waals surface area contributed by atoms with E-state index in [2.05, 4.69) is 0 Å². The number of para-hydroxylation sites is 1.